The number of alkyl halides is 3. The Morgan fingerprint density at radius 1 is 1.16 bits per heavy atom. The Morgan fingerprint density at radius 3 is 2.50 bits per heavy atom. The molecule has 3 heterocycles. The second-order valence-corrected chi connectivity index (χ2v) is 8.56. The highest BCUT2D eigenvalue weighted by atomic mass is 19.4. The SMILES string of the molecule is Cc1nc(NC2CC(Nc3cc(C(F)(F)F)ncn3)C2)nc2c1NC(=O)[C@H](C(C)C)N2C. The minimum Gasteiger partial charge on any atom is -0.367 e. The summed E-state index contributed by atoms with van der Waals surface area (Å²) in [4.78, 5) is 30.5. The number of carbonyl (C=O) groups is 1. The molecule has 1 amide bonds. The molecule has 32 heavy (non-hydrogen) atoms. The number of hydrogen-bond acceptors (Lipinski definition) is 8. The lowest BCUT2D eigenvalue weighted by molar-refractivity contribution is -0.141. The zero-order chi connectivity index (χ0) is 23.2. The van der Waals surface area contributed by atoms with Crippen LogP contribution in [0.15, 0.2) is 12.4 Å². The van der Waals surface area contributed by atoms with Gasteiger partial charge in [-0.1, -0.05) is 13.8 Å². The van der Waals surface area contributed by atoms with Gasteiger partial charge >= 0.3 is 6.18 Å². The maximum Gasteiger partial charge on any atom is 0.433 e. The zero-order valence-corrected chi connectivity index (χ0v) is 18.2. The van der Waals surface area contributed by atoms with Gasteiger partial charge in [0.2, 0.25) is 11.9 Å². The van der Waals surface area contributed by atoms with Crippen molar-refractivity contribution in [1.82, 2.24) is 19.9 Å². The first kappa shape index (κ1) is 22.0. The summed E-state index contributed by atoms with van der Waals surface area (Å²) in [6, 6.07) is 0.635. The fourth-order valence-corrected chi connectivity index (χ4v) is 4.12. The monoisotopic (exact) mass is 450 g/mol. The Bertz CT molecular complexity index is 1020. The lowest BCUT2D eigenvalue weighted by atomic mass is 9.87. The van der Waals surface area contributed by atoms with Gasteiger partial charge in [0, 0.05) is 25.2 Å². The van der Waals surface area contributed by atoms with Crippen molar-refractivity contribution in [3.05, 3.63) is 23.8 Å². The van der Waals surface area contributed by atoms with Crippen molar-refractivity contribution in [2.75, 3.05) is 27.9 Å². The number of nitrogens with one attached hydrogen (secondary N) is 3. The number of hydrogen-bond donors (Lipinski definition) is 3. The molecule has 1 saturated carbocycles. The first-order valence-corrected chi connectivity index (χ1v) is 10.4. The molecule has 0 saturated heterocycles. The average molecular weight is 450 g/mol. The van der Waals surface area contributed by atoms with Gasteiger partial charge in [0.25, 0.3) is 0 Å². The molecule has 0 unspecified atom stereocenters. The summed E-state index contributed by atoms with van der Waals surface area (Å²) in [7, 11) is 1.85. The minimum absolute atomic E-state index is 0.0190. The molecule has 1 aliphatic heterocycles. The van der Waals surface area contributed by atoms with Crippen LogP contribution >= 0.6 is 0 Å². The number of fused-ring (bicyclic) bond motifs is 1. The lowest BCUT2D eigenvalue weighted by Crippen LogP contribution is -2.50. The van der Waals surface area contributed by atoms with Crippen LogP contribution in [-0.4, -0.2) is 51.0 Å². The number of likely N-dealkylation sites (N-methyl/N-ethyl adjacent to an activating group) is 1. The fraction of sp³-hybridized carbons (Fsp3) is 0.550. The molecule has 1 aliphatic carbocycles. The topological polar surface area (TPSA) is 108 Å². The van der Waals surface area contributed by atoms with Crippen molar-refractivity contribution in [3.63, 3.8) is 0 Å². The van der Waals surface area contributed by atoms with E-state index in [1.54, 1.807) is 0 Å². The highest BCUT2D eigenvalue weighted by Gasteiger charge is 2.37. The third kappa shape index (κ3) is 4.26. The molecule has 3 N–H and O–H groups in total. The molecule has 0 aromatic carbocycles. The molecule has 12 heteroatoms. The van der Waals surface area contributed by atoms with Crippen LogP contribution in [0.5, 0.6) is 0 Å². The largest absolute Gasteiger partial charge is 0.433 e. The molecule has 1 fully saturated rings. The van der Waals surface area contributed by atoms with Crippen LogP contribution in [0.1, 0.15) is 38.1 Å². The normalized spacial score (nSPS) is 22.8. The standard InChI is InChI=1S/C20H25F3N8O/c1-9(2)16-18(32)29-15-10(3)26-19(30-17(15)31(16)4)28-12-5-11(6-12)27-14-7-13(20(21,22)23)24-8-25-14/h7-9,11-12,16H,5-6H2,1-4H3,(H,29,32)(H,24,25,27)(H,26,28,30)/t11?,12?,16-/m0/s1. The van der Waals surface area contributed by atoms with Gasteiger partial charge in [-0.15, -0.1) is 0 Å². The average Bonchev–Trinajstić information content (AvgIpc) is 2.66. The maximum atomic E-state index is 12.8. The maximum absolute atomic E-state index is 12.8. The van der Waals surface area contributed by atoms with Crippen LogP contribution in [0.25, 0.3) is 0 Å². The quantitative estimate of drug-likeness (QED) is 0.638. The first-order valence-electron chi connectivity index (χ1n) is 10.4. The molecule has 2 aliphatic rings. The molecule has 0 spiro atoms. The summed E-state index contributed by atoms with van der Waals surface area (Å²) in [5.74, 6) is 1.30. The van der Waals surface area contributed by atoms with E-state index in [-0.39, 0.29) is 35.8 Å². The van der Waals surface area contributed by atoms with E-state index < -0.39 is 11.9 Å². The first-order chi connectivity index (χ1) is 15.0. The van der Waals surface area contributed by atoms with E-state index in [1.165, 1.54) is 0 Å². The molecule has 1 atom stereocenters. The van der Waals surface area contributed by atoms with E-state index in [4.69, 9.17) is 0 Å². The molecule has 2 aromatic rings. The summed E-state index contributed by atoms with van der Waals surface area (Å²) in [5, 5.41) is 9.21. The lowest BCUT2D eigenvalue weighted by Gasteiger charge is -2.38. The summed E-state index contributed by atoms with van der Waals surface area (Å²) < 4.78 is 38.4. The van der Waals surface area contributed by atoms with Gasteiger partial charge in [0.1, 0.15) is 29.6 Å². The highest BCUT2D eigenvalue weighted by molar-refractivity contribution is 6.03. The Morgan fingerprint density at radius 2 is 1.84 bits per heavy atom. The molecular weight excluding hydrogens is 425 g/mol. The second kappa shape index (κ2) is 8.06. The predicted octanol–water partition coefficient (Wildman–Crippen LogP) is 3.06. The van der Waals surface area contributed by atoms with Gasteiger partial charge in [-0.2, -0.15) is 18.2 Å². The smallest absolute Gasteiger partial charge is 0.367 e. The van der Waals surface area contributed by atoms with Crippen LogP contribution in [-0.2, 0) is 11.0 Å². The molecule has 0 bridgehead atoms. The molecular formula is C20H25F3N8O. The predicted molar refractivity (Wildman–Crippen MR) is 114 cm³/mol. The molecule has 4 rings (SSSR count). The van der Waals surface area contributed by atoms with Crippen LogP contribution < -0.4 is 20.9 Å². The van der Waals surface area contributed by atoms with E-state index in [0.29, 0.717) is 36.0 Å². The van der Waals surface area contributed by atoms with Crippen LogP contribution in [0.3, 0.4) is 0 Å². The third-order valence-electron chi connectivity index (χ3n) is 5.75. The fourth-order valence-electron chi connectivity index (χ4n) is 4.12. The number of aryl methyl sites for hydroxylation is 1. The van der Waals surface area contributed by atoms with Gasteiger partial charge in [0.15, 0.2) is 5.82 Å². The van der Waals surface area contributed by atoms with Crippen molar-refractivity contribution in [2.24, 2.45) is 5.92 Å². The molecule has 9 nitrogen and oxygen atoms in total. The highest BCUT2D eigenvalue weighted by Crippen LogP contribution is 2.35. The van der Waals surface area contributed by atoms with Crippen molar-refractivity contribution >= 4 is 29.2 Å². The molecule has 2 aromatic heterocycles. The number of nitrogens with zero attached hydrogens (tertiary/aromatic N) is 5. The van der Waals surface area contributed by atoms with Gasteiger partial charge in [-0.05, 0) is 25.7 Å². The number of amides is 1. The van der Waals surface area contributed by atoms with Crippen molar-refractivity contribution in [1.29, 1.82) is 0 Å². The Balaban J connectivity index is 1.40. The number of aromatic nitrogens is 4. The van der Waals surface area contributed by atoms with E-state index in [9.17, 15) is 18.0 Å². The number of rotatable bonds is 5. The molecule has 0 radical (unpaired) electrons. The van der Waals surface area contributed by atoms with E-state index in [2.05, 4.69) is 35.9 Å². The second-order valence-electron chi connectivity index (χ2n) is 8.56. The van der Waals surface area contributed by atoms with Gasteiger partial charge in [0.05, 0.1) is 5.69 Å². The Labute approximate surface area is 183 Å². The van der Waals surface area contributed by atoms with Crippen LogP contribution in [0, 0.1) is 12.8 Å². The van der Waals surface area contributed by atoms with Gasteiger partial charge in [-0.25, -0.2) is 15.0 Å². The van der Waals surface area contributed by atoms with E-state index in [0.717, 1.165) is 12.4 Å². The van der Waals surface area contributed by atoms with Crippen molar-refractivity contribution < 1.29 is 18.0 Å². The summed E-state index contributed by atoms with van der Waals surface area (Å²) in [6.07, 6.45) is -2.26. The Hall–Kier alpha value is -3.18. The minimum atomic E-state index is -4.51. The van der Waals surface area contributed by atoms with E-state index in [1.807, 2.05) is 32.7 Å². The molecule has 172 valence electrons. The number of carbonyl (C=O) groups excluding carboxylic acids is 1. The summed E-state index contributed by atoms with van der Waals surface area (Å²) in [5.41, 5.74) is 0.296. The summed E-state index contributed by atoms with van der Waals surface area (Å²) in [6.45, 7) is 5.78. The number of anilines is 4. The van der Waals surface area contributed by atoms with Crippen molar-refractivity contribution in [2.45, 2.75) is 57.9 Å². The number of halogens is 3. The Kier molecular flexibility index (Phi) is 5.55. The zero-order valence-electron chi connectivity index (χ0n) is 18.2. The van der Waals surface area contributed by atoms with Crippen molar-refractivity contribution in [3.8, 4) is 0 Å². The van der Waals surface area contributed by atoms with Gasteiger partial charge in [-0.3, -0.25) is 4.79 Å². The van der Waals surface area contributed by atoms with E-state index >= 15 is 0 Å². The van der Waals surface area contributed by atoms with Gasteiger partial charge < -0.3 is 20.9 Å². The van der Waals surface area contributed by atoms with Crippen LogP contribution in [0.4, 0.5) is 36.4 Å². The van der Waals surface area contributed by atoms with Crippen LogP contribution in [0.2, 0.25) is 0 Å². The summed E-state index contributed by atoms with van der Waals surface area (Å²) >= 11 is 0. The third-order valence-corrected chi connectivity index (χ3v) is 5.75.